The van der Waals surface area contributed by atoms with E-state index in [0.717, 1.165) is 0 Å². The van der Waals surface area contributed by atoms with Gasteiger partial charge in [-0.3, -0.25) is 0 Å². The van der Waals surface area contributed by atoms with Gasteiger partial charge in [-0.1, -0.05) is 6.08 Å². The van der Waals surface area contributed by atoms with Crippen LogP contribution >= 0.6 is 0 Å². The van der Waals surface area contributed by atoms with Gasteiger partial charge in [0.25, 0.3) is 0 Å². The molecule has 1 nitrogen and oxygen atoms in total. The van der Waals surface area contributed by atoms with Gasteiger partial charge in [-0.25, -0.2) is 0 Å². The van der Waals surface area contributed by atoms with E-state index >= 15 is 0 Å². The van der Waals surface area contributed by atoms with Crippen molar-refractivity contribution < 1.29 is 0 Å². The molecule has 0 aliphatic heterocycles. The van der Waals surface area contributed by atoms with Gasteiger partial charge in [0.15, 0.2) is 0 Å². The summed E-state index contributed by atoms with van der Waals surface area (Å²) >= 11 is 0. The summed E-state index contributed by atoms with van der Waals surface area (Å²) in [4.78, 5) is 3.19. The molecular weight excluding hydrogens is 110 g/mol. The molecule has 1 aromatic heterocycles. The fourth-order valence-electron chi connectivity index (χ4n) is 0.803. The predicted molar refractivity (Wildman–Crippen MR) is 40.2 cm³/mol. The van der Waals surface area contributed by atoms with Crippen LogP contribution in [-0.4, -0.2) is 4.98 Å². The van der Waals surface area contributed by atoms with E-state index in [1.165, 1.54) is 11.4 Å². The third-order valence-corrected chi connectivity index (χ3v) is 1.20. The van der Waals surface area contributed by atoms with Crippen molar-refractivity contribution in [3.8, 4) is 0 Å². The van der Waals surface area contributed by atoms with E-state index in [4.69, 9.17) is 0 Å². The molecule has 1 heterocycles. The second-order valence-electron chi connectivity index (χ2n) is 2.10. The lowest BCUT2D eigenvalue weighted by Gasteiger charge is -1.81. The Labute approximate surface area is 55.4 Å². The summed E-state index contributed by atoms with van der Waals surface area (Å²) in [6.45, 7) is 4.06. The molecule has 1 heteroatoms. The van der Waals surface area contributed by atoms with Crippen molar-refractivity contribution in [3.63, 3.8) is 0 Å². The van der Waals surface area contributed by atoms with Gasteiger partial charge in [0, 0.05) is 11.4 Å². The van der Waals surface area contributed by atoms with Crippen molar-refractivity contribution in [2.45, 2.75) is 13.8 Å². The van der Waals surface area contributed by atoms with Gasteiger partial charge in [-0.15, -0.1) is 0 Å². The van der Waals surface area contributed by atoms with E-state index in [2.05, 4.69) is 17.1 Å². The number of allylic oxidation sites excluding steroid dienone is 1. The van der Waals surface area contributed by atoms with Crippen LogP contribution in [0, 0.1) is 6.92 Å². The summed E-state index contributed by atoms with van der Waals surface area (Å²) in [5.74, 6) is 0. The smallest absolute Gasteiger partial charge is 0.0379 e. The van der Waals surface area contributed by atoms with Crippen molar-refractivity contribution >= 4 is 6.08 Å². The number of rotatable bonds is 1. The molecular formula is C8H11N. The topological polar surface area (TPSA) is 15.8 Å². The summed E-state index contributed by atoms with van der Waals surface area (Å²) < 4.78 is 0. The van der Waals surface area contributed by atoms with Gasteiger partial charge in [0.2, 0.25) is 0 Å². The maximum absolute atomic E-state index is 3.19. The van der Waals surface area contributed by atoms with Crippen LogP contribution in [0.2, 0.25) is 0 Å². The van der Waals surface area contributed by atoms with Crippen LogP contribution in [0.3, 0.4) is 0 Å². The molecule has 0 radical (unpaired) electrons. The monoisotopic (exact) mass is 121 g/mol. The first-order valence-corrected chi connectivity index (χ1v) is 3.11. The Hall–Kier alpha value is -0.980. The number of hydrogen-bond donors (Lipinski definition) is 1. The van der Waals surface area contributed by atoms with Gasteiger partial charge in [0.05, 0.1) is 0 Å². The highest BCUT2D eigenvalue weighted by molar-refractivity contribution is 5.44. The Morgan fingerprint density at radius 2 is 2.22 bits per heavy atom. The van der Waals surface area contributed by atoms with Crippen LogP contribution in [0.5, 0.6) is 0 Å². The Morgan fingerprint density at radius 3 is 2.67 bits per heavy atom. The minimum Gasteiger partial charge on any atom is -0.359 e. The van der Waals surface area contributed by atoms with Crippen LogP contribution in [0.1, 0.15) is 18.3 Å². The van der Waals surface area contributed by atoms with Crippen LogP contribution in [0.15, 0.2) is 18.2 Å². The maximum Gasteiger partial charge on any atom is 0.0379 e. The highest BCUT2D eigenvalue weighted by Crippen LogP contribution is 2.01. The summed E-state index contributed by atoms with van der Waals surface area (Å²) in [6.07, 6.45) is 4.07. The molecule has 1 N–H and O–H groups in total. The van der Waals surface area contributed by atoms with Crippen LogP contribution in [0.25, 0.3) is 6.08 Å². The van der Waals surface area contributed by atoms with Crippen LogP contribution < -0.4 is 0 Å². The first-order chi connectivity index (χ1) is 4.33. The Bertz CT molecular complexity index is 208. The van der Waals surface area contributed by atoms with Gasteiger partial charge < -0.3 is 4.98 Å². The molecule has 0 aromatic carbocycles. The van der Waals surface area contributed by atoms with Crippen molar-refractivity contribution in [1.82, 2.24) is 4.98 Å². The average molecular weight is 121 g/mol. The highest BCUT2D eigenvalue weighted by atomic mass is 14.7. The summed E-state index contributed by atoms with van der Waals surface area (Å²) in [5.41, 5.74) is 2.39. The molecule has 0 atom stereocenters. The summed E-state index contributed by atoms with van der Waals surface area (Å²) in [7, 11) is 0. The molecule has 0 saturated carbocycles. The van der Waals surface area contributed by atoms with Crippen molar-refractivity contribution in [2.24, 2.45) is 0 Å². The standard InChI is InChI=1S/C8H11N/c1-3-4-8-6-5-7(2)9-8/h3-6,9H,1-2H3/b4-3+. The van der Waals surface area contributed by atoms with Crippen molar-refractivity contribution in [2.75, 3.05) is 0 Å². The number of nitrogens with one attached hydrogen (secondary N) is 1. The molecule has 48 valence electrons. The number of H-pyrrole nitrogens is 1. The first kappa shape index (κ1) is 6.14. The summed E-state index contributed by atoms with van der Waals surface area (Å²) in [5, 5.41) is 0. The Balaban J connectivity index is 2.85. The second-order valence-corrected chi connectivity index (χ2v) is 2.10. The highest BCUT2D eigenvalue weighted by Gasteiger charge is 1.85. The fourth-order valence-corrected chi connectivity index (χ4v) is 0.803. The SMILES string of the molecule is C/C=C/c1ccc(C)[nH]1. The predicted octanol–water partition coefficient (Wildman–Crippen LogP) is 2.36. The van der Waals surface area contributed by atoms with E-state index in [-0.39, 0.29) is 0 Å². The number of aromatic nitrogens is 1. The fraction of sp³-hybridized carbons (Fsp3) is 0.250. The lowest BCUT2D eigenvalue weighted by molar-refractivity contribution is 1.25. The van der Waals surface area contributed by atoms with Gasteiger partial charge in [0.1, 0.15) is 0 Å². The van der Waals surface area contributed by atoms with Crippen LogP contribution in [-0.2, 0) is 0 Å². The molecule has 0 aliphatic rings. The van der Waals surface area contributed by atoms with Gasteiger partial charge in [-0.05, 0) is 32.1 Å². The van der Waals surface area contributed by atoms with E-state index in [1.807, 2.05) is 26.0 Å². The van der Waals surface area contributed by atoms with E-state index in [9.17, 15) is 0 Å². The molecule has 0 bridgehead atoms. The third-order valence-electron chi connectivity index (χ3n) is 1.20. The molecule has 1 aromatic rings. The van der Waals surface area contributed by atoms with E-state index < -0.39 is 0 Å². The Morgan fingerprint density at radius 1 is 1.44 bits per heavy atom. The molecule has 0 aliphatic carbocycles. The zero-order valence-corrected chi connectivity index (χ0v) is 5.81. The second kappa shape index (κ2) is 2.53. The molecule has 1 rings (SSSR count). The van der Waals surface area contributed by atoms with Crippen LogP contribution in [0.4, 0.5) is 0 Å². The minimum atomic E-state index is 1.18. The van der Waals surface area contributed by atoms with E-state index in [1.54, 1.807) is 0 Å². The molecule has 0 saturated heterocycles. The number of hydrogen-bond acceptors (Lipinski definition) is 0. The zero-order chi connectivity index (χ0) is 6.69. The molecule has 0 unspecified atom stereocenters. The quantitative estimate of drug-likeness (QED) is 0.587. The third kappa shape index (κ3) is 1.46. The average Bonchev–Trinajstić information content (AvgIpc) is 2.17. The number of aromatic amines is 1. The maximum atomic E-state index is 3.19. The number of aryl methyl sites for hydroxylation is 1. The molecule has 0 amide bonds. The largest absolute Gasteiger partial charge is 0.359 e. The van der Waals surface area contributed by atoms with Gasteiger partial charge in [-0.2, -0.15) is 0 Å². The zero-order valence-electron chi connectivity index (χ0n) is 5.81. The molecule has 0 spiro atoms. The normalized spacial score (nSPS) is 10.9. The Kier molecular flexibility index (Phi) is 1.73. The molecule has 9 heavy (non-hydrogen) atoms. The first-order valence-electron chi connectivity index (χ1n) is 3.11. The lowest BCUT2D eigenvalue weighted by atomic mass is 10.4. The van der Waals surface area contributed by atoms with Crippen molar-refractivity contribution in [3.05, 3.63) is 29.6 Å². The van der Waals surface area contributed by atoms with Gasteiger partial charge >= 0.3 is 0 Å². The van der Waals surface area contributed by atoms with E-state index in [0.29, 0.717) is 0 Å². The molecule has 0 fully saturated rings. The minimum absolute atomic E-state index is 1.18. The lowest BCUT2D eigenvalue weighted by Crippen LogP contribution is -1.69. The summed E-state index contributed by atoms with van der Waals surface area (Å²) in [6, 6.07) is 4.13. The van der Waals surface area contributed by atoms with Crippen molar-refractivity contribution in [1.29, 1.82) is 0 Å².